The van der Waals surface area contributed by atoms with Crippen molar-refractivity contribution in [2.45, 2.75) is 0 Å². The third-order valence-corrected chi connectivity index (χ3v) is 3.03. The number of rotatable bonds is 2. The first-order valence-corrected chi connectivity index (χ1v) is 6.02. The van der Waals surface area contributed by atoms with Crippen molar-refractivity contribution in [2.75, 3.05) is 10.6 Å². The fraction of sp³-hybridized carbons (Fsp3) is 0. The smallest absolute Gasteiger partial charge is 0.296 e. The molecule has 0 spiro atoms. The Kier molecular flexibility index (Phi) is 2.80. The van der Waals surface area contributed by atoms with E-state index in [0.29, 0.717) is 5.69 Å². The van der Waals surface area contributed by atoms with Gasteiger partial charge in [-0.1, -0.05) is 24.3 Å². The fourth-order valence-corrected chi connectivity index (χ4v) is 2.08. The van der Waals surface area contributed by atoms with E-state index >= 15 is 0 Å². The maximum Gasteiger partial charge on any atom is 0.296 e. The molecule has 0 bridgehead atoms. The van der Waals surface area contributed by atoms with E-state index in [0.717, 1.165) is 0 Å². The van der Waals surface area contributed by atoms with E-state index in [9.17, 15) is 14.4 Å². The van der Waals surface area contributed by atoms with Gasteiger partial charge in [0.1, 0.15) is 0 Å². The maximum atomic E-state index is 12.2. The number of ketones is 1. The molecule has 2 N–H and O–H groups in total. The average Bonchev–Trinajstić information content (AvgIpc) is 2.75. The summed E-state index contributed by atoms with van der Waals surface area (Å²) in [4.78, 5) is 35.2. The number of fused-ring (bicyclic) bond motifs is 1. The van der Waals surface area contributed by atoms with Crippen molar-refractivity contribution in [1.82, 2.24) is 0 Å². The number of benzene rings is 2. The second kappa shape index (κ2) is 4.62. The van der Waals surface area contributed by atoms with Crippen molar-refractivity contribution in [2.24, 2.45) is 0 Å². The standard InChI is InChI=1S/C15H10N2O3/c18-13-10-7-4-8-11(12(10)17-15(13)20)14(19)16-9-5-2-1-3-6-9/h1-8H,(H,16,19)(H,17,18,20). The average molecular weight is 266 g/mol. The van der Waals surface area contributed by atoms with Crippen LogP contribution in [-0.2, 0) is 4.79 Å². The fourth-order valence-electron chi connectivity index (χ4n) is 2.08. The van der Waals surface area contributed by atoms with Crippen molar-refractivity contribution in [3.05, 3.63) is 59.7 Å². The van der Waals surface area contributed by atoms with Crippen molar-refractivity contribution >= 4 is 29.0 Å². The maximum absolute atomic E-state index is 12.2. The highest BCUT2D eigenvalue weighted by atomic mass is 16.2. The Morgan fingerprint density at radius 3 is 2.45 bits per heavy atom. The molecule has 98 valence electrons. The Labute approximate surface area is 114 Å². The summed E-state index contributed by atoms with van der Waals surface area (Å²) < 4.78 is 0. The van der Waals surface area contributed by atoms with E-state index < -0.39 is 11.7 Å². The molecule has 2 amide bonds. The third-order valence-electron chi connectivity index (χ3n) is 3.03. The zero-order chi connectivity index (χ0) is 14.1. The van der Waals surface area contributed by atoms with Crippen LogP contribution in [0.2, 0.25) is 0 Å². The van der Waals surface area contributed by atoms with Gasteiger partial charge in [0.25, 0.3) is 17.6 Å². The molecule has 0 atom stereocenters. The Morgan fingerprint density at radius 1 is 0.950 bits per heavy atom. The molecule has 0 fully saturated rings. The van der Waals surface area contributed by atoms with Gasteiger partial charge in [-0.15, -0.1) is 0 Å². The summed E-state index contributed by atoms with van der Waals surface area (Å²) >= 11 is 0. The number of anilines is 2. The van der Waals surface area contributed by atoms with Crippen LogP contribution in [0, 0.1) is 0 Å². The minimum absolute atomic E-state index is 0.232. The number of amides is 2. The first-order chi connectivity index (χ1) is 9.66. The van der Waals surface area contributed by atoms with Crippen LogP contribution in [0.5, 0.6) is 0 Å². The summed E-state index contributed by atoms with van der Waals surface area (Å²) in [5.74, 6) is -1.70. The van der Waals surface area contributed by atoms with Gasteiger partial charge in [0.15, 0.2) is 0 Å². The lowest BCUT2D eigenvalue weighted by atomic mass is 10.1. The van der Waals surface area contributed by atoms with Gasteiger partial charge in [0.2, 0.25) is 0 Å². The van der Waals surface area contributed by atoms with Crippen LogP contribution in [0.1, 0.15) is 20.7 Å². The quantitative estimate of drug-likeness (QED) is 0.817. The predicted molar refractivity (Wildman–Crippen MR) is 73.8 cm³/mol. The minimum atomic E-state index is -0.708. The second-order valence-corrected chi connectivity index (χ2v) is 4.33. The summed E-state index contributed by atoms with van der Waals surface area (Å²) in [6, 6.07) is 13.6. The van der Waals surface area contributed by atoms with Crippen LogP contribution in [0.25, 0.3) is 0 Å². The highest BCUT2D eigenvalue weighted by molar-refractivity contribution is 6.52. The molecule has 3 rings (SSSR count). The summed E-state index contributed by atoms with van der Waals surface area (Å²) in [6.45, 7) is 0. The lowest BCUT2D eigenvalue weighted by molar-refractivity contribution is -0.112. The first kappa shape index (κ1) is 12.1. The van der Waals surface area contributed by atoms with Crippen LogP contribution in [0.15, 0.2) is 48.5 Å². The molecule has 2 aromatic rings. The zero-order valence-electron chi connectivity index (χ0n) is 10.3. The predicted octanol–water partition coefficient (Wildman–Crippen LogP) is 2.07. The number of carbonyl (C=O) groups is 3. The Hall–Kier alpha value is -2.95. The summed E-state index contributed by atoms with van der Waals surface area (Å²) in [5.41, 5.74) is 1.42. The monoisotopic (exact) mass is 266 g/mol. The summed E-state index contributed by atoms with van der Waals surface area (Å²) in [5, 5.41) is 5.15. The van der Waals surface area contributed by atoms with Gasteiger partial charge in [-0.3, -0.25) is 14.4 Å². The molecule has 1 aliphatic heterocycles. The lowest BCUT2D eigenvalue weighted by Crippen LogP contribution is -2.15. The number of hydrogen-bond donors (Lipinski definition) is 2. The molecule has 0 radical (unpaired) electrons. The topological polar surface area (TPSA) is 75.3 Å². The molecular weight excluding hydrogens is 256 g/mol. The van der Waals surface area contributed by atoms with Crippen LogP contribution < -0.4 is 10.6 Å². The highest BCUT2D eigenvalue weighted by Gasteiger charge is 2.31. The van der Waals surface area contributed by atoms with Crippen LogP contribution >= 0.6 is 0 Å². The molecule has 0 aliphatic carbocycles. The normalized spacial score (nSPS) is 12.8. The molecule has 1 aliphatic rings. The van der Waals surface area contributed by atoms with Crippen molar-refractivity contribution in [3.63, 3.8) is 0 Å². The highest BCUT2D eigenvalue weighted by Crippen LogP contribution is 2.27. The van der Waals surface area contributed by atoms with Gasteiger partial charge in [0.05, 0.1) is 16.8 Å². The van der Waals surface area contributed by atoms with E-state index in [1.54, 1.807) is 36.4 Å². The minimum Gasteiger partial charge on any atom is -0.322 e. The van der Waals surface area contributed by atoms with Gasteiger partial charge in [0, 0.05) is 5.69 Å². The second-order valence-electron chi connectivity index (χ2n) is 4.33. The lowest BCUT2D eigenvalue weighted by Gasteiger charge is -2.08. The molecule has 5 heteroatoms. The van der Waals surface area contributed by atoms with E-state index in [2.05, 4.69) is 10.6 Å². The van der Waals surface area contributed by atoms with Gasteiger partial charge in [-0.2, -0.15) is 0 Å². The molecule has 0 saturated heterocycles. The summed E-state index contributed by atoms with van der Waals surface area (Å²) in [7, 11) is 0. The number of carbonyl (C=O) groups excluding carboxylic acids is 3. The van der Waals surface area contributed by atoms with E-state index in [4.69, 9.17) is 0 Å². The molecule has 0 unspecified atom stereocenters. The first-order valence-electron chi connectivity index (χ1n) is 6.02. The van der Waals surface area contributed by atoms with Crippen molar-refractivity contribution in [1.29, 1.82) is 0 Å². The van der Waals surface area contributed by atoms with Gasteiger partial charge in [-0.25, -0.2) is 0 Å². The van der Waals surface area contributed by atoms with Crippen molar-refractivity contribution in [3.8, 4) is 0 Å². The molecule has 2 aromatic carbocycles. The molecule has 1 heterocycles. The third kappa shape index (κ3) is 1.95. The SMILES string of the molecule is O=C1Nc2c(C(=O)Nc3ccccc3)cccc2C1=O. The van der Waals surface area contributed by atoms with Crippen molar-refractivity contribution < 1.29 is 14.4 Å². The van der Waals surface area contributed by atoms with Crippen LogP contribution in [-0.4, -0.2) is 17.6 Å². The van der Waals surface area contributed by atoms with Crippen LogP contribution in [0.3, 0.4) is 0 Å². The Balaban J connectivity index is 1.95. The van der Waals surface area contributed by atoms with E-state index in [-0.39, 0.29) is 22.7 Å². The van der Waals surface area contributed by atoms with Gasteiger partial charge >= 0.3 is 0 Å². The number of para-hydroxylation sites is 2. The molecule has 0 saturated carbocycles. The van der Waals surface area contributed by atoms with Crippen LogP contribution in [0.4, 0.5) is 11.4 Å². The van der Waals surface area contributed by atoms with Gasteiger partial charge < -0.3 is 10.6 Å². The molecule has 20 heavy (non-hydrogen) atoms. The largest absolute Gasteiger partial charge is 0.322 e. The molecular formula is C15H10N2O3. The number of nitrogens with one attached hydrogen (secondary N) is 2. The van der Waals surface area contributed by atoms with E-state index in [1.165, 1.54) is 6.07 Å². The van der Waals surface area contributed by atoms with Gasteiger partial charge in [-0.05, 0) is 24.3 Å². The molecule has 5 nitrogen and oxygen atoms in total. The summed E-state index contributed by atoms with van der Waals surface area (Å²) in [6.07, 6.45) is 0. The number of hydrogen-bond acceptors (Lipinski definition) is 3. The number of Topliss-reactive ketones (excluding diaryl/α,β-unsaturated/α-hetero) is 1. The zero-order valence-corrected chi connectivity index (χ0v) is 10.3. The Bertz CT molecular complexity index is 723. The van der Waals surface area contributed by atoms with E-state index in [1.807, 2.05) is 6.07 Å². The molecule has 0 aromatic heterocycles. The Morgan fingerprint density at radius 2 is 1.70 bits per heavy atom.